The van der Waals surface area contributed by atoms with Crippen molar-refractivity contribution in [3.05, 3.63) is 29.3 Å². The molecule has 1 fully saturated rings. The maximum absolute atomic E-state index is 13.0. The normalized spacial score (nSPS) is 15.8. The van der Waals surface area contributed by atoms with Gasteiger partial charge in [0.15, 0.2) is 0 Å². The lowest BCUT2D eigenvalue weighted by Crippen LogP contribution is -2.53. The van der Waals surface area contributed by atoms with E-state index in [1.807, 2.05) is 24.8 Å². The smallest absolute Gasteiger partial charge is 0.319 e. The second-order valence-corrected chi connectivity index (χ2v) is 8.83. The zero-order chi connectivity index (χ0) is 20.8. The number of hydrogen-bond acceptors (Lipinski definition) is 2. The van der Waals surface area contributed by atoms with E-state index in [4.69, 9.17) is 0 Å². The number of piperidine rings is 1. The van der Waals surface area contributed by atoms with Crippen LogP contribution >= 0.6 is 0 Å². The summed E-state index contributed by atoms with van der Waals surface area (Å²) < 4.78 is 0. The van der Waals surface area contributed by atoms with E-state index in [0.29, 0.717) is 11.8 Å². The molecule has 0 saturated carbocycles. The largest absolute Gasteiger partial charge is 0.341 e. The predicted molar refractivity (Wildman–Crippen MR) is 116 cm³/mol. The van der Waals surface area contributed by atoms with Gasteiger partial charge in [-0.3, -0.25) is 4.79 Å². The van der Waals surface area contributed by atoms with Gasteiger partial charge in [0.05, 0.1) is 0 Å². The number of carbonyl (C=O) groups excluding carboxylic acids is 2. The number of anilines is 1. The van der Waals surface area contributed by atoms with Crippen LogP contribution in [-0.2, 0) is 4.79 Å². The minimum absolute atomic E-state index is 0.0325. The fourth-order valence-corrected chi connectivity index (χ4v) is 3.81. The highest BCUT2D eigenvalue weighted by Gasteiger charge is 2.29. The molecule has 1 aliphatic heterocycles. The van der Waals surface area contributed by atoms with Crippen LogP contribution in [0.25, 0.3) is 0 Å². The summed E-state index contributed by atoms with van der Waals surface area (Å²) in [5.41, 5.74) is 3.10. The van der Waals surface area contributed by atoms with Gasteiger partial charge in [0.1, 0.15) is 6.04 Å². The first-order valence-electron chi connectivity index (χ1n) is 10.7. The summed E-state index contributed by atoms with van der Waals surface area (Å²) in [6.07, 6.45) is 3.26. The van der Waals surface area contributed by atoms with E-state index in [0.717, 1.165) is 42.7 Å². The van der Waals surface area contributed by atoms with Crippen molar-refractivity contribution in [1.29, 1.82) is 0 Å². The number of nitrogens with one attached hydrogen (secondary N) is 2. The fraction of sp³-hybridized carbons (Fsp3) is 0.652. The molecule has 28 heavy (non-hydrogen) atoms. The molecule has 2 rings (SSSR count). The highest BCUT2D eigenvalue weighted by Crippen LogP contribution is 2.32. The average Bonchev–Trinajstić information content (AvgIpc) is 2.65. The molecule has 1 aromatic carbocycles. The Morgan fingerprint density at radius 1 is 0.893 bits per heavy atom. The molecule has 0 radical (unpaired) electrons. The quantitative estimate of drug-likeness (QED) is 0.714. The molecule has 156 valence electrons. The predicted octanol–water partition coefficient (Wildman–Crippen LogP) is 5.09. The van der Waals surface area contributed by atoms with Crippen LogP contribution < -0.4 is 10.6 Å². The minimum Gasteiger partial charge on any atom is -0.341 e. The number of rotatable bonds is 6. The molecule has 1 unspecified atom stereocenters. The van der Waals surface area contributed by atoms with Crippen LogP contribution in [0.15, 0.2) is 18.2 Å². The van der Waals surface area contributed by atoms with E-state index < -0.39 is 6.04 Å². The Morgan fingerprint density at radius 2 is 1.43 bits per heavy atom. The van der Waals surface area contributed by atoms with Gasteiger partial charge in [-0.15, -0.1) is 0 Å². The monoisotopic (exact) mass is 387 g/mol. The summed E-state index contributed by atoms with van der Waals surface area (Å²) in [6, 6.07) is 5.35. The molecule has 2 N–H and O–H groups in total. The van der Waals surface area contributed by atoms with E-state index in [-0.39, 0.29) is 17.9 Å². The first kappa shape index (κ1) is 22.3. The molecular formula is C23H37N3O2. The highest BCUT2D eigenvalue weighted by atomic mass is 16.2. The van der Waals surface area contributed by atoms with Crippen LogP contribution in [0.1, 0.15) is 83.8 Å². The maximum Gasteiger partial charge on any atom is 0.319 e. The van der Waals surface area contributed by atoms with Crippen molar-refractivity contribution in [2.45, 2.75) is 78.7 Å². The van der Waals surface area contributed by atoms with E-state index in [1.54, 1.807) is 0 Å². The number of likely N-dealkylation sites (tertiary alicyclic amines) is 1. The van der Waals surface area contributed by atoms with Gasteiger partial charge in [-0.1, -0.05) is 59.7 Å². The van der Waals surface area contributed by atoms with Gasteiger partial charge in [-0.2, -0.15) is 0 Å². The number of benzene rings is 1. The summed E-state index contributed by atoms with van der Waals surface area (Å²) in [6.45, 7) is 14.0. The Hall–Kier alpha value is -2.04. The van der Waals surface area contributed by atoms with Crippen molar-refractivity contribution in [3.63, 3.8) is 0 Å². The second kappa shape index (κ2) is 9.94. The Labute approximate surface area is 170 Å². The molecule has 0 aliphatic carbocycles. The summed E-state index contributed by atoms with van der Waals surface area (Å²) in [5, 5.41) is 6.02. The summed E-state index contributed by atoms with van der Waals surface area (Å²) in [7, 11) is 0. The molecule has 1 aromatic rings. The molecule has 1 aliphatic rings. The molecule has 0 aromatic heterocycles. The van der Waals surface area contributed by atoms with Crippen LogP contribution in [0.3, 0.4) is 0 Å². The number of para-hydroxylation sites is 1. The molecular weight excluding hydrogens is 350 g/mol. The lowest BCUT2D eigenvalue weighted by Gasteiger charge is -2.32. The van der Waals surface area contributed by atoms with Crippen LogP contribution in [-0.4, -0.2) is 36.0 Å². The zero-order valence-corrected chi connectivity index (χ0v) is 18.3. The average molecular weight is 388 g/mol. The molecule has 0 bridgehead atoms. The molecule has 3 amide bonds. The lowest BCUT2D eigenvalue weighted by atomic mass is 9.92. The summed E-state index contributed by atoms with van der Waals surface area (Å²) >= 11 is 0. The highest BCUT2D eigenvalue weighted by molar-refractivity contribution is 5.95. The second-order valence-electron chi connectivity index (χ2n) is 8.83. The van der Waals surface area contributed by atoms with Crippen molar-refractivity contribution in [2.75, 3.05) is 18.4 Å². The van der Waals surface area contributed by atoms with Gasteiger partial charge in [0.25, 0.3) is 0 Å². The SMILES string of the molecule is CC(C)c1cccc(C(C)C)c1NC(=O)NC(C(=O)N1CCCCC1)C(C)C. The van der Waals surface area contributed by atoms with Crippen molar-refractivity contribution < 1.29 is 9.59 Å². The summed E-state index contributed by atoms with van der Waals surface area (Å²) in [5.74, 6) is 0.658. The molecule has 5 nitrogen and oxygen atoms in total. The standard InChI is InChI=1S/C23H37N3O2/c1-15(2)18-11-10-12-19(16(3)4)21(18)25-23(28)24-20(17(5)6)22(27)26-13-8-7-9-14-26/h10-12,15-17,20H,7-9,13-14H2,1-6H3,(H2,24,25,28). The zero-order valence-electron chi connectivity index (χ0n) is 18.3. The third kappa shape index (κ3) is 5.49. The van der Waals surface area contributed by atoms with E-state index in [2.05, 4.69) is 50.5 Å². The fourth-order valence-electron chi connectivity index (χ4n) is 3.81. The number of carbonyl (C=O) groups is 2. The first-order valence-corrected chi connectivity index (χ1v) is 10.7. The van der Waals surface area contributed by atoms with Gasteiger partial charge in [0, 0.05) is 18.8 Å². The van der Waals surface area contributed by atoms with Gasteiger partial charge in [-0.25, -0.2) is 4.79 Å². The number of urea groups is 1. The van der Waals surface area contributed by atoms with Crippen molar-refractivity contribution in [2.24, 2.45) is 5.92 Å². The molecule has 1 heterocycles. The third-order valence-electron chi connectivity index (χ3n) is 5.50. The maximum atomic E-state index is 13.0. The van der Waals surface area contributed by atoms with Gasteiger partial charge in [-0.05, 0) is 48.1 Å². The lowest BCUT2D eigenvalue weighted by molar-refractivity contribution is -0.135. The van der Waals surface area contributed by atoms with E-state index in [9.17, 15) is 9.59 Å². The number of nitrogens with zero attached hydrogens (tertiary/aromatic N) is 1. The van der Waals surface area contributed by atoms with Crippen molar-refractivity contribution >= 4 is 17.6 Å². The van der Waals surface area contributed by atoms with Crippen molar-refractivity contribution in [1.82, 2.24) is 10.2 Å². The van der Waals surface area contributed by atoms with Gasteiger partial charge >= 0.3 is 6.03 Å². The van der Waals surface area contributed by atoms with Crippen LogP contribution in [0.2, 0.25) is 0 Å². The van der Waals surface area contributed by atoms with Gasteiger partial charge < -0.3 is 15.5 Å². The van der Waals surface area contributed by atoms with Gasteiger partial charge in [0.2, 0.25) is 5.91 Å². The summed E-state index contributed by atoms with van der Waals surface area (Å²) in [4.78, 5) is 27.7. The van der Waals surface area contributed by atoms with Crippen LogP contribution in [0, 0.1) is 5.92 Å². The first-order chi connectivity index (χ1) is 13.2. The topological polar surface area (TPSA) is 61.4 Å². The van der Waals surface area contributed by atoms with E-state index >= 15 is 0 Å². The van der Waals surface area contributed by atoms with E-state index in [1.165, 1.54) is 6.42 Å². The minimum atomic E-state index is -0.508. The Bertz CT molecular complexity index is 650. The number of hydrogen-bond donors (Lipinski definition) is 2. The molecule has 1 atom stereocenters. The molecule has 1 saturated heterocycles. The van der Waals surface area contributed by atoms with Crippen LogP contribution in [0.5, 0.6) is 0 Å². The van der Waals surface area contributed by atoms with Crippen LogP contribution in [0.4, 0.5) is 10.5 Å². The Kier molecular flexibility index (Phi) is 7.90. The number of amides is 3. The Balaban J connectivity index is 2.18. The van der Waals surface area contributed by atoms with Crippen molar-refractivity contribution in [3.8, 4) is 0 Å². The molecule has 5 heteroatoms. The Morgan fingerprint density at radius 3 is 1.89 bits per heavy atom. The third-order valence-corrected chi connectivity index (χ3v) is 5.50. The molecule has 0 spiro atoms.